The highest BCUT2D eigenvalue weighted by Gasteiger charge is 2.14. The molecule has 0 aliphatic carbocycles. The standard InChI is InChI=1S/C11H14ClN5/c1-3-4-6-5(2)7-9(13)16-11(14)17-10(7)15-8(6)12/h3-4H2,1-2H3,(H4,13,14,15,16,17). The minimum absolute atomic E-state index is 0.112. The molecule has 0 radical (unpaired) electrons. The van der Waals surface area contributed by atoms with Crippen molar-refractivity contribution < 1.29 is 0 Å². The third-order valence-corrected chi connectivity index (χ3v) is 3.03. The number of nitrogen functional groups attached to an aromatic ring is 2. The van der Waals surface area contributed by atoms with Crippen molar-refractivity contribution in [2.24, 2.45) is 0 Å². The van der Waals surface area contributed by atoms with E-state index in [9.17, 15) is 0 Å². The summed E-state index contributed by atoms with van der Waals surface area (Å²) in [4.78, 5) is 12.2. The molecule has 0 fully saturated rings. The summed E-state index contributed by atoms with van der Waals surface area (Å²) >= 11 is 6.14. The average molecular weight is 252 g/mol. The summed E-state index contributed by atoms with van der Waals surface area (Å²) in [6.45, 7) is 4.04. The minimum atomic E-state index is 0.112. The van der Waals surface area contributed by atoms with Gasteiger partial charge in [0.05, 0.1) is 5.39 Å². The van der Waals surface area contributed by atoms with Crippen LogP contribution in [0.25, 0.3) is 11.0 Å². The Balaban J connectivity index is 2.82. The Morgan fingerprint density at radius 3 is 2.53 bits per heavy atom. The molecule has 0 amide bonds. The van der Waals surface area contributed by atoms with Crippen LogP contribution in [0, 0.1) is 6.92 Å². The lowest BCUT2D eigenvalue weighted by atomic mass is 10.0. The third kappa shape index (κ3) is 1.98. The van der Waals surface area contributed by atoms with E-state index in [2.05, 4.69) is 21.9 Å². The number of nitrogens with zero attached hydrogens (tertiary/aromatic N) is 3. The first-order chi connectivity index (χ1) is 8.04. The van der Waals surface area contributed by atoms with Gasteiger partial charge >= 0.3 is 0 Å². The van der Waals surface area contributed by atoms with E-state index in [1.165, 1.54) is 0 Å². The van der Waals surface area contributed by atoms with E-state index >= 15 is 0 Å². The van der Waals surface area contributed by atoms with Crippen LogP contribution in [0.1, 0.15) is 24.5 Å². The molecular weight excluding hydrogens is 238 g/mol. The maximum absolute atomic E-state index is 6.14. The van der Waals surface area contributed by atoms with Gasteiger partial charge in [-0.25, -0.2) is 4.98 Å². The van der Waals surface area contributed by atoms with Crippen LogP contribution in [0.15, 0.2) is 0 Å². The summed E-state index contributed by atoms with van der Waals surface area (Å²) < 4.78 is 0. The Labute approximate surface area is 104 Å². The van der Waals surface area contributed by atoms with Crippen LogP contribution in [0.5, 0.6) is 0 Å². The number of hydrogen-bond acceptors (Lipinski definition) is 5. The zero-order chi connectivity index (χ0) is 12.6. The molecule has 2 heterocycles. The number of nitrogens with two attached hydrogens (primary N) is 2. The van der Waals surface area contributed by atoms with Gasteiger partial charge in [-0.1, -0.05) is 24.9 Å². The number of rotatable bonds is 2. The quantitative estimate of drug-likeness (QED) is 0.798. The molecule has 0 aliphatic heterocycles. The minimum Gasteiger partial charge on any atom is -0.383 e. The fourth-order valence-electron chi connectivity index (χ4n) is 1.93. The Kier molecular flexibility index (Phi) is 3.02. The number of fused-ring (bicyclic) bond motifs is 1. The predicted octanol–water partition coefficient (Wildman–Crippen LogP) is 2.10. The lowest BCUT2D eigenvalue weighted by molar-refractivity contribution is 0.908. The molecule has 90 valence electrons. The first-order valence-electron chi connectivity index (χ1n) is 5.42. The van der Waals surface area contributed by atoms with Crippen molar-refractivity contribution in [1.29, 1.82) is 0 Å². The third-order valence-electron chi connectivity index (χ3n) is 2.72. The van der Waals surface area contributed by atoms with Gasteiger partial charge in [0.25, 0.3) is 0 Å². The first kappa shape index (κ1) is 11.9. The molecule has 0 unspecified atom stereocenters. The van der Waals surface area contributed by atoms with Crippen molar-refractivity contribution in [3.8, 4) is 0 Å². The maximum atomic E-state index is 6.14. The van der Waals surface area contributed by atoms with Crippen molar-refractivity contribution in [3.63, 3.8) is 0 Å². The van der Waals surface area contributed by atoms with Crippen molar-refractivity contribution in [2.45, 2.75) is 26.7 Å². The average Bonchev–Trinajstić information content (AvgIpc) is 2.22. The summed E-state index contributed by atoms with van der Waals surface area (Å²) in [6.07, 6.45) is 1.85. The fraction of sp³-hybridized carbons (Fsp3) is 0.364. The number of halogens is 1. The Hall–Kier alpha value is -1.62. The molecule has 0 atom stereocenters. The van der Waals surface area contributed by atoms with Crippen molar-refractivity contribution in [1.82, 2.24) is 15.0 Å². The van der Waals surface area contributed by atoms with Gasteiger partial charge in [0, 0.05) is 0 Å². The molecule has 0 saturated carbocycles. The summed E-state index contributed by atoms with van der Waals surface area (Å²) in [5.41, 5.74) is 13.8. The Morgan fingerprint density at radius 2 is 1.88 bits per heavy atom. The number of aryl methyl sites for hydroxylation is 1. The van der Waals surface area contributed by atoms with Gasteiger partial charge in [0.2, 0.25) is 5.95 Å². The summed E-state index contributed by atoms with van der Waals surface area (Å²) in [6, 6.07) is 0. The van der Waals surface area contributed by atoms with Gasteiger partial charge in [-0.15, -0.1) is 0 Å². The van der Waals surface area contributed by atoms with E-state index in [1.54, 1.807) is 0 Å². The molecule has 6 heteroatoms. The molecule has 0 aromatic carbocycles. The molecule has 0 saturated heterocycles. The normalized spacial score (nSPS) is 11.0. The molecule has 0 aliphatic rings. The topological polar surface area (TPSA) is 90.7 Å². The van der Waals surface area contributed by atoms with E-state index in [0.717, 1.165) is 29.4 Å². The van der Waals surface area contributed by atoms with Gasteiger partial charge in [0.15, 0.2) is 5.65 Å². The highest BCUT2D eigenvalue weighted by atomic mass is 35.5. The van der Waals surface area contributed by atoms with Gasteiger partial charge in [0.1, 0.15) is 11.0 Å². The number of hydrogen-bond donors (Lipinski definition) is 2. The molecule has 0 spiro atoms. The molecule has 17 heavy (non-hydrogen) atoms. The highest BCUT2D eigenvalue weighted by Crippen LogP contribution is 2.29. The van der Waals surface area contributed by atoms with E-state index in [4.69, 9.17) is 23.1 Å². The number of anilines is 2. The molecule has 2 aromatic rings. The molecule has 2 aromatic heterocycles. The van der Waals surface area contributed by atoms with Crippen molar-refractivity contribution in [2.75, 3.05) is 11.5 Å². The lowest BCUT2D eigenvalue weighted by Crippen LogP contribution is -2.05. The van der Waals surface area contributed by atoms with Gasteiger partial charge in [-0.3, -0.25) is 0 Å². The van der Waals surface area contributed by atoms with Gasteiger partial charge < -0.3 is 11.5 Å². The smallest absolute Gasteiger partial charge is 0.224 e. The number of pyridine rings is 1. The van der Waals surface area contributed by atoms with Crippen LogP contribution in [-0.2, 0) is 6.42 Å². The SMILES string of the molecule is CCCc1c(Cl)nc2nc(N)nc(N)c2c1C. The molecule has 4 N–H and O–H groups in total. The molecule has 2 rings (SSSR count). The molecular formula is C11H14ClN5. The van der Waals surface area contributed by atoms with Crippen LogP contribution < -0.4 is 11.5 Å². The second-order valence-electron chi connectivity index (χ2n) is 3.92. The second-order valence-corrected chi connectivity index (χ2v) is 4.28. The summed E-state index contributed by atoms with van der Waals surface area (Å²) in [7, 11) is 0. The van der Waals surface area contributed by atoms with Crippen molar-refractivity contribution >= 4 is 34.4 Å². The van der Waals surface area contributed by atoms with Gasteiger partial charge in [-0.05, 0) is 24.5 Å². The largest absolute Gasteiger partial charge is 0.383 e. The maximum Gasteiger partial charge on any atom is 0.224 e. The van der Waals surface area contributed by atoms with Crippen LogP contribution in [0.2, 0.25) is 5.15 Å². The second kappa shape index (κ2) is 4.33. The van der Waals surface area contributed by atoms with E-state index < -0.39 is 0 Å². The predicted molar refractivity (Wildman–Crippen MR) is 69.9 cm³/mol. The fourth-order valence-corrected chi connectivity index (χ4v) is 2.25. The van der Waals surface area contributed by atoms with Gasteiger partial charge in [-0.2, -0.15) is 9.97 Å². The van der Waals surface area contributed by atoms with Crippen LogP contribution in [-0.4, -0.2) is 15.0 Å². The number of aromatic nitrogens is 3. The summed E-state index contributed by atoms with van der Waals surface area (Å²) in [5, 5.41) is 1.21. The molecule has 5 nitrogen and oxygen atoms in total. The van der Waals surface area contributed by atoms with Crippen LogP contribution in [0.4, 0.5) is 11.8 Å². The molecule has 0 bridgehead atoms. The Bertz CT molecular complexity index is 582. The van der Waals surface area contributed by atoms with E-state index in [-0.39, 0.29) is 5.95 Å². The zero-order valence-electron chi connectivity index (χ0n) is 9.79. The summed E-state index contributed by atoms with van der Waals surface area (Å²) in [5.74, 6) is 0.465. The van der Waals surface area contributed by atoms with Crippen molar-refractivity contribution in [3.05, 3.63) is 16.3 Å². The zero-order valence-corrected chi connectivity index (χ0v) is 10.5. The van der Waals surface area contributed by atoms with E-state index in [1.807, 2.05) is 6.92 Å². The first-order valence-corrected chi connectivity index (χ1v) is 5.80. The lowest BCUT2D eigenvalue weighted by Gasteiger charge is -2.11. The Morgan fingerprint density at radius 1 is 1.18 bits per heavy atom. The van der Waals surface area contributed by atoms with Crippen LogP contribution in [0.3, 0.4) is 0 Å². The monoisotopic (exact) mass is 251 g/mol. The van der Waals surface area contributed by atoms with Crippen LogP contribution >= 0.6 is 11.6 Å². The highest BCUT2D eigenvalue weighted by molar-refractivity contribution is 6.30. The van der Waals surface area contributed by atoms with E-state index in [0.29, 0.717) is 16.6 Å².